The number of pyridine rings is 1. The highest BCUT2D eigenvalue weighted by atomic mass is 19.4. The summed E-state index contributed by atoms with van der Waals surface area (Å²) in [4.78, 5) is 33.3. The zero-order valence-electron chi connectivity index (χ0n) is 17.9. The largest absolute Gasteiger partial charge is 0.454 e. The lowest BCUT2D eigenvalue weighted by Crippen LogP contribution is -2.24. The minimum atomic E-state index is -4.94. The third-order valence-electron chi connectivity index (χ3n) is 4.90. The van der Waals surface area contributed by atoms with E-state index in [0.717, 1.165) is 12.8 Å². The Labute approximate surface area is 190 Å². The summed E-state index contributed by atoms with van der Waals surface area (Å²) in [5, 5.41) is 3.90. The van der Waals surface area contributed by atoms with Gasteiger partial charge in [-0.3, -0.25) is 10.1 Å². The highest BCUT2D eigenvalue weighted by molar-refractivity contribution is 6.03. The van der Waals surface area contributed by atoms with E-state index in [1.54, 1.807) is 36.4 Å². The van der Waals surface area contributed by atoms with Crippen LogP contribution in [0.1, 0.15) is 25.5 Å². The monoisotopic (exact) mass is 472 g/mol. The Morgan fingerprint density at radius 2 is 1.85 bits per heavy atom. The van der Waals surface area contributed by atoms with Gasteiger partial charge in [-0.15, -0.1) is 0 Å². The molecular weight excluding hydrogens is 453 g/mol. The van der Waals surface area contributed by atoms with Crippen LogP contribution in [0.3, 0.4) is 0 Å². The standard InChI is InChI=1S/C23H19F3N4O4/c1-2-3-12-33-22(32)28-15-8-9-16(14-7-5-4-6-13(14)15)34-17-10-11-27-20-18(17)29-19(21(31)30-20)23(24,25)26/h4-11H,2-3,12H2,1H3,(H,28,32)(H,27,30,31). The smallest absolute Gasteiger partial charge is 0.438 e. The average molecular weight is 472 g/mol. The summed E-state index contributed by atoms with van der Waals surface area (Å²) >= 11 is 0. The van der Waals surface area contributed by atoms with E-state index >= 15 is 0 Å². The molecule has 2 heterocycles. The highest BCUT2D eigenvalue weighted by Crippen LogP contribution is 2.36. The first-order valence-electron chi connectivity index (χ1n) is 10.4. The number of aromatic nitrogens is 3. The van der Waals surface area contributed by atoms with Crippen molar-refractivity contribution in [1.82, 2.24) is 15.0 Å². The number of hydrogen-bond donors (Lipinski definition) is 2. The van der Waals surface area contributed by atoms with E-state index in [9.17, 15) is 22.8 Å². The molecule has 0 aliphatic rings. The third kappa shape index (κ3) is 4.77. The number of nitrogens with zero attached hydrogens (tertiary/aromatic N) is 2. The lowest BCUT2D eigenvalue weighted by molar-refractivity contribution is -0.142. The van der Waals surface area contributed by atoms with Crippen molar-refractivity contribution >= 4 is 33.7 Å². The van der Waals surface area contributed by atoms with Gasteiger partial charge in [-0.05, 0) is 18.6 Å². The van der Waals surface area contributed by atoms with Crippen molar-refractivity contribution in [3.05, 3.63) is 64.7 Å². The first-order valence-corrected chi connectivity index (χ1v) is 10.4. The number of anilines is 1. The van der Waals surface area contributed by atoms with Crippen LogP contribution in [0, 0.1) is 0 Å². The number of rotatable bonds is 6. The molecule has 2 N–H and O–H groups in total. The molecule has 0 aliphatic carbocycles. The van der Waals surface area contributed by atoms with Crippen molar-refractivity contribution in [1.29, 1.82) is 0 Å². The maximum Gasteiger partial charge on any atom is 0.438 e. The van der Waals surface area contributed by atoms with Gasteiger partial charge >= 0.3 is 12.3 Å². The molecule has 4 aromatic rings. The minimum Gasteiger partial charge on any atom is -0.454 e. The molecule has 8 nitrogen and oxygen atoms in total. The molecule has 1 amide bonds. The van der Waals surface area contributed by atoms with E-state index in [1.807, 2.05) is 6.92 Å². The quantitative estimate of drug-likeness (QED) is 0.352. The summed E-state index contributed by atoms with van der Waals surface area (Å²) in [6.45, 7) is 2.28. The van der Waals surface area contributed by atoms with E-state index in [-0.39, 0.29) is 16.9 Å². The number of alkyl halides is 3. The number of unbranched alkanes of at least 4 members (excludes halogenated alkanes) is 1. The molecule has 0 aliphatic heterocycles. The number of nitrogens with one attached hydrogen (secondary N) is 2. The zero-order valence-corrected chi connectivity index (χ0v) is 17.9. The Balaban J connectivity index is 1.72. The van der Waals surface area contributed by atoms with Crippen molar-refractivity contribution in [3.8, 4) is 11.5 Å². The van der Waals surface area contributed by atoms with E-state index in [1.165, 1.54) is 12.3 Å². The number of ether oxygens (including phenoxy) is 2. The van der Waals surface area contributed by atoms with Crippen LogP contribution < -0.4 is 15.6 Å². The molecule has 2 aromatic carbocycles. The number of benzene rings is 2. The van der Waals surface area contributed by atoms with E-state index in [2.05, 4.69) is 20.3 Å². The van der Waals surface area contributed by atoms with Crippen LogP contribution in [0.4, 0.5) is 23.7 Å². The van der Waals surface area contributed by atoms with Gasteiger partial charge in [0.15, 0.2) is 11.4 Å². The molecule has 0 unspecified atom stereocenters. The maximum atomic E-state index is 13.2. The topological polar surface area (TPSA) is 106 Å². The van der Waals surface area contributed by atoms with Crippen molar-refractivity contribution < 1.29 is 27.4 Å². The average Bonchev–Trinajstić information content (AvgIpc) is 2.80. The molecule has 11 heteroatoms. The first kappa shape index (κ1) is 23.0. The molecule has 0 saturated carbocycles. The Kier molecular flexibility index (Phi) is 6.35. The predicted octanol–water partition coefficient (Wildman–Crippen LogP) is 5.63. The van der Waals surface area contributed by atoms with E-state index < -0.39 is 23.5 Å². The van der Waals surface area contributed by atoms with Gasteiger partial charge in [0.05, 0.1) is 12.3 Å². The lowest BCUT2D eigenvalue weighted by atomic mass is 10.1. The van der Waals surface area contributed by atoms with Gasteiger partial charge in [0.1, 0.15) is 11.3 Å². The van der Waals surface area contributed by atoms with Gasteiger partial charge in [0.25, 0.3) is 5.56 Å². The Morgan fingerprint density at radius 3 is 2.59 bits per heavy atom. The SMILES string of the molecule is CCCCOC(=O)Nc1ccc(Oc2ccnc3[nH]c(=O)c(C(F)(F)F)nc23)c2ccccc12. The number of fused-ring (bicyclic) bond motifs is 2. The van der Waals surface area contributed by atoms with Crippen LogP contribution in [0.5, 0.6) is 11.5 Å². The molecule has 0 saturated heterocycles. The molecule has 34 heavy (non-hydrogen) atoms. The number of aromatic amines is 1. The summed E-state index contributed by atoms with van der Waals surface area (Å²) < 4.78 is 50.7. The van der Waals surface area contributed by atoms with Gasteiger partial charge in [-0.2, -0.15) is 13.2 Å². The molecule has 0 fully saturated rings. The van der Waals surface area contributed by atoms with Crippen molar-refractivity contribution in [2.24, 2.45) is 0 Å². The molecule has 4 rings (SSSR count). The number of carbonyl (C=O) groups is 1. The molecular formula is C23H19F3N4O4. The van der Waals surface area contributed by atoms with Gasteiger partial charge in [0.2, 0.25) is 5.69 Å². The fourth-order valence-corrected chi connectivity index (χ4v) is 3.28. The van der Waals surface area contributed by atoms with Crippen LogP contribution >= 0.6 is 0 Å². The molecule has 0 bridgehead atoms. The Hall–Kier alpha value is -4.15. The maximum absolute atomic E-state index is 13.2. The molecule has 0 spiro atoms. The zero-order chi connectivity index (χ0) is 24.3. The van der Waals surface area contributed by atoms with Crippen molar-refractivity contribution in [2.45, 2.75) is 25.9 Å². The number of amides is 1. The molecule has 0 atom stereocenters. The number of H-pyrrole nitrogens is 1. The lowest BCUT2D eigenvalue weighted by Gasteiger charge is -2.14. The second kappa shape index (κ2) is 9.38. The van der Waals surface area contributed by atoms with Gasteiger partial charge < -0.3 is 14.5 Å². The summed E-state index contributed by atoms with van der Waals surface area (Å²) in [5.41, 5.74) is -2.90. The summed E-state index contributed by atoms with van der Waals surface area (Å²) in [6.07, 6.45) is -2.62. The Bertz CT molecular complexity index is 1420. The van der Waals surface area contributed by atoms with Gasteiger partial charge in [-0.25, -0.2) is 14.8 Å². The summed E-state index contributed by atoms with van der Waals surface area (Å²) in [5.74, 6) is 0.270. The Morgan fingerprint density at radius 1 is 1.09 bits per heavy atom. The van der Waals surface area contributed by atoms with Gasteiger partial charge in [0, 0.05) is 23.0 Å². The van der Waals surface area contributed by atoms with Crippen LogP contribution in [-0.4, -0.2) is 27.7 Å². The first-order chi connectivity index (χ1) is 16.3. The van der Waals surface area contributed by atoms with E-state index in [4.69, 9.17) is 9.47 Å². The highest BCUT2D eigenvalue weighted by Gasteiger charge is 2.36. The summed E-state index contributed by atoms with van der Waals surface area (Å²) in [6, 6.07) is 11.5. The molecule has 0 radical (unpaired) electrons. The van der Waals surface area contributed by atoms with Gasteiger partial charge in [-0.1, -0.05) is 37.6 Å². The third-order valence-corrected chi connectivity index (χ3v) is 4.90. The fourth-order valence-electron chi connectivity index (χ4n) is 3.28. The van der Waals surface area contributed by atoms with Crippen molar-refractivity contribution in [3.63, 3.8) is 0 Å². The van der Waals surface area contributed by atoms with Crippen LogP contribution in [0.25, 0.3) is 21.9 Å². The van der Waals surface area contributed by atoms with E-state index in [0.29, 0.717) is 28.8 Å². The second-order valence-corrected chi connectivity index (χ2v) is 7.29. The molecule has 176 valence electrons. The van der Waals surface area contributed by atoms with Crippen LogP contribution in [-0.2, 0) is 10.9 Å². The van der Waals surface area contributed by atoms with Crippen LogP contribution in [0.2, 0.25) is 0 Å². The number of halogens is 3. The normalized spacial score (nSPS) is 11.5. The summed E-state index contributed by atoms with van der Waals surface area (Å²) in [7, 11) is 0. The molecule has 2 aromatic heterocycles. The van der Waals surface area contributed by atoms with Crippen molar-refractivity contribution in [2.75, 3.05) is 11.9 Å². The fraction of sp³-hybridized carbons (Fsp3) is 0.217. The predicted molar refractivity (Wildman–Crippen MR) is 119 cm³/mol. The number of carbonyl (C=O) groups excluding carboxylic acids is 1. The minimum absolute atomic E-state index is 0.0309. The second-order valence-electron chi connectivity index (χ2n) is 7.29. The number of hydrogen-bond acceptors (Lipinski definition) is 6. The van der Waals surface area contributed by atoms with Crippen LogP contribution in [0.15, 0.2) is 53.5 Å².